The molecule has 1 fully saturated rings. The number of aliphatic hydroxyl groups is 1. The fraction of sp³-hybridized carbons (Fsp3) is 1.00. The lowest BCUT2D eigenvalue weighted by atomic mass is 9.67. The van der Waals surface area contributed by atoms with Gasteiger partial charge in [0.15, 0.2) is 0 Å². The van der Waals surface area contributed by atoms with Crippen molar-refractivity contribution in [1.29, 1.82) is 0 Å². The van der Waals surface area contributed by atoms with E-state index in [0.717, 1.165) is 32.3 Å². The molecule has 78 valence electrons. The SMILES string of the molecule is CCOC1CC(O)(C(CC)CC)C1. The van der Waals surface area contributed by atoms with Crippen LogP contribution in [0.15, 0.2) is 0 Å². The van der Waals surface area contributed by atoms with E-state index in [1.807, 2.05) is 6.92 Å². The Kier molecular flexibility index (Phi) is 3.74. The van der Waals surface area contributed by atoms with Gasteiger partial charge in [-0.3, -0.25) is 0 Å². The Bertz CT molecular complexity index is 146. The standard InChI is InChI=1S/C11H22O2/c1-4-9(5-2)11(12)7-10(8-11)13-6-3/h9-10,12H,4-8H2,1-3H3. The molecule has 0 radical (unpaired) electrons. The first-order valence-corrected chi connectivity index (χ1v) is 5.50. The molecule has 0 aromatic heterocycles. The minimum atomic E-state index is -0.413. The van der Waals surface area contributed by atoms with Crippen LogP contribution in [0.2, 0.25) is 0 Å². The van der Waals surface area contributed by atoms with Gasteiger partial charge in [0.25, 0.3) is 0 Å². The van der Waals surface area contributed by atoms with Gasteiger partial charge in [0.1, 0.15) is 0 Å². The zero-order valence-electron chi connectivity index (χ0n) is 9.05. The minimum Gasteiger partial charge on any atom is -0.389 e. The molecule has 0 unspecified atom stereocenters. The second-order valence-corrected chi connectivity index (χ2v) is 4.10. The summed E-state index contributed by atoms with van der Waals surface area (Å²) in [5.41, 5.74) is -0.413. The Morgan fingerprint density at radius 1 is 1.31 bits per heavy atom. The van der Waals surface area contributed by atoms with Crippen LogP contribution in [0.3, 0.4) is 0 Å². The van der Waals surface area contributed by atoms with E-state index in [-0.39, 0.29) is 0 Å². The topological polar surface area (TPSA) is 29.5 Å². The van der Waals surface area contributed by atoms with Crippen LogP contribution in [0.25, 0.3) is 0 Å². The predicted molar refractivity (Wildman–Crippen MR) is 53.7 cm³/mol. The molecule has 0 amide bonds. The monoisotopic (exact) mass is 186 g/mol. The van der Waals surface area contributed by atoms with Gasteiger partial charge in [0.2, 0.25) is 0 Å². The molecule has 0 spiro atoms. The Morgan fingerprint density at radius 3 is 2.23 bits per heavy atom. The van der Waals surface area contributed by atoms with Crippen molar-refractivity contribution in [3.05, 3.63) is 0 Å². The lowest BCUT2D eigenvalue weighted by Crippen LogP contribution is -2.53. The summed E-state index contributed by atoms with van der Waals surface area (Å²) in [5, 5.41) is 10.2. The van der Waals surface area contributed by atoms with E-state index >= 15 is 0 Å². The number of hydrogen-bond acceptors (Lipinski definition) is 2. The first kappa shape index (κ1) is 11.0. The van der Waals surface area contributed by atoms with E-state index in [1.165, 1.54) is 0 Å². The lowest BCUT2D eigenvalue weighted by molar-refractivity contribution is -0.167. The maximum Gasteiger partial charge on any atom is 0.0725 e. The van der Waals surface area contributed by atoms with Gasteiger partial charge in [0, 0.05) is 19.4 Å². The minimum absolute atomic E-state index is 0.315. The summed E-state index contributed by atoms with van der Waals surface area (Å²) >= 11 is 0. The van der Waals surface area contributed by atoms with E-state index < -0.39 is 5.60 Å². The van der Waals surface area contributed by atoms with Crippen molar-refractivity contribution in [3.63, 3.8) is 0 Å². The van der Waals surface area contributed by atoms with Crippen molar-refractivity contribution >= 4 is 0 Å². The molecule has 0 atom stereocenters. The molecule has 1 saturated carbocycles. The van der Waals surface area contributed by atoms with E-state index in [2.05, 4.69) is 13.8 Å². The van der Waals surface area contributed by atoms with Crippen molar-refractivity contribution in [1.82, 2.24) is 0 Å². The number of hydrogen-bond donors (Lipinski definition) is 1. The van der Waals surface area contributed by atoms with Crippen molar-refractivity contribution in [2.24, 2.45) is 5.92 Å². The van der Waals surface area contributed by atoms with Gasteiger partial charge in [0.05, 0.1) is 11.7 Å². The molecule has 1 N–H and O–H groups in total. The zero-order chi connectivity index (χ0) is 9.90. The summed E-state index contributed by atoms with van der Waals surface area (Å²) in [6.45, 7) is 7.08. The molecule has 0 bridgehead atoms. The Balaban J connectivity index is 2.35. The number of rotatable bonds is 5. The predicted octanol–water partition coefficient (Wildman–Crippen LogP) is 2.35. The molecule has 2 heteroatoms. The highest BCUT2D eigenvalue weighted by atomic mass is 16.5. The third-order valence-corrected chi connectivity index (χ3v) is 3.31. The maximum absolute atomic E-state index is 10.2. The average molecular weight is 186 g/mol. The van der Waals surface area contributed by atoms with Crippen LogP contribution in [-0.2, 0) is 4.74 Å². The quantitative estimate of drug-likeness (QED) is 0.714. The van der Waals surface area contributed by atoms with Crippen LogP contribution < -0.4 is 0 Å². The van der Waals surface area contributed by atoms with Crippen molar-refractivity contribution in [2.45, 2.75) is 58.2 Å². The summed E-state index contributed by atoms with van der Waals surface area (Å²) < 4.78 is 5.45. The Hall–Kier alpha value is -0.0800. The van der Waals surface area contributed by atoms with Gasteiger partial charge in [-0.25, -0.2) is 0 Å². The summed E-state index contributed by atoms with van der Waals surface area (Å²) in [4.78, 5) is 0. The first-order valence-electron chi connectivity index (χ1n) is 5.50. The van der Waals surface area contributed by atoms with E-state index in [0.29, 0.717) is 12.0 Å². The van der Waals surface area contributed by atoms with Crippen LogP contribution in [0.1, 0.15) is 46.5 Å². The fourth-order valence-electron chi connectivity index (χ4n) is 2.46. The molecule has 0 heterocycles. The fourth-order valence-corrected chi connectivity index (χ4v) is 2.46. The molecule has 2 nitrogen and oxygen atoms in total. The first-order chi connectivity index (χ1) is 6.16. The van der Waals surface area contributed by atoms with Gasteiger partial charge in [-0.2, -0.15) is 0 Å². The zero-order valence-corrected chi connectivity index (χ0v) is 9.05. The second kappa shape index (κ2) is 4.43. The van der Waals surface area contributed by atoms with Crippen LogP contribution in [0, 0.1) is 5.92 Å². The molecule has 0 aromatic rings. The molecular weight excluding hydrogens is 164 g/mol. The largest absolute Gasteiger partial charge is 0.389 e. The molecule has 1 aliphatic carbocycles. The summed E-state index contributed by atoms with van der Waals surface area (Å²) in [6.07, 6.45) is 4.15. The van der Waals surface area contributed by atoms with Gasteiger partial charge < -0.3 is 9.84 Å². The van der Waals surface area contributed by atoms with Gasteiger partial charge in [-0.05, 0) is 12.8 Å². The highest BCUT2D eigenvalue weighted by molar-refractivity contribution is 4.99. The smallest absolute Gasteiger partial charge is 0.0725 e. The molecular formula is C11H22O2. The van der Waals surface area contributed by atoms with Crippen LogP contribution >= 0.6 is 0 Å². The maximum atomic E-state index is 10.2. The summed E-state index contributed by atoms with van der Waals surface area (Å²) in [6, 6.07) is 0. The van der Waals surface area contributed by atoms with Crippen molar-refractivity contribution in [3.8, 4) is 0 Å². The molecule has 0 aliphatic heterocycles. The van der Waals surface area contributed by atoms with Gasteiger partial charge in [-0.15, -0.1) is 0 Å². The van der Waals surface area contributed by atoms with Crippen molar-refractivity contribution < 1.29 is 9.84 Å². The van der Waals surface area contributed by atoms with Gasteiger partial charge >= 0.3 is 0 Å². The highest BCUT2D eigenvalue weighted by Crippen LogP contribution is 2.42. The number of ether oxygens (including phenoxy) is 1. The normalized spacial score (nSPS) is 33.5. The molecule has 1 aliphatic rings. The van der Waals surface area contributed by atoms with Crippen molar-refractivity contribution in [2.75, 3.05) is 6.61 Å². The van der Waals surface area contributed by atoms with E-state index in [4.69, 9.17) is 4.74 Å². The van der Waals surface area contributed by atoms with Gasteiger partial charge in [-0.1, -0.05) is 26.7 Å². The molecule has 0 aromatic carbocycles. The Labute approximate surface area is 81.3 Å². The van der Waals surface area contributed by atoms with E-state index in [9.17, 15) is 5.11 Å². The second-order valence-electron chi connectivity index (χ2n) is 4.10. The van der Waals surface area contributed by atoms with Crippen LogP contribution in [0.4, 0.5) is 0 Å². The summed E-state index contributed by atoms with van der Waals surface area (Å²) in [7, 11) is 0. The molecule has 1 rings (SSSR count). The highest BCUT2D eigenvalue weighted by Gasteiger charge is 2.47. The Morgan fingerprint density at radius 2 is 1.85 bits per heavy atom. The third kappa shape index (κ3) is 2.23. The van der Waals surface area contributed by atoms with Crippen LogP contribution in [-0.4, -0.2) is 23.4 Å². The molecule has 0 saturated heterocycles. The lowest BCUT2D eigenvalue weighted by Gasteiger charge is -2.47. The molecule has 13 heavy (non-hydrogen) atoms. The third-order valence-electron chi connectivity index (χ3n) is 3.31. The summed E-state index contributed by atoms with van der Waals surface area (Å²) in [5.74, 6) is 0.462. The van der Waals surface area contributed by atoms with E-state index in [1.54, 1.807) is 0 Å². The van der Waals surface area contributed by atoms with Crippen LogP contribution in [0.5, 0.6) is 0 Å². The average Bonchev–Trinajstić information content (AvgIpc) is 2.04.